The number of nitrogens with one attached hydrogen (secondary N) is 2. The molecule has 0 saturated carbocycles. The van der Waals surface area contributed by atoms with Gasteiger partial charge in [-0.25, -0.2) is 4.68 Å². The number of nitrogens with zero attached hydrogens (tertiary/aromatic N) is 1. The number of hydrogen-bond donors (Lipinski definition) is 3. The van der Waals surface area contributed by atoms with E-state index >= 15 is 0 Å². The standard InChI is InChI=1S/C8H14N4S/c1-11-5-2-3-6-7(4-5)13-8(9)12(6)10/h5,9,11H,2-4,10H2,1H3. The highest BCUT2D eigenvalue weighted by Crippen LogP contribution is 2.22. The summed E-state index contributed by atoms with van der Waals surface area (Å²) >= 11 is 1.50. The van der Waals surface area contributed by atoms with Gasteiger partial charge in [0.2, 0.25) is 4.80 Å². The molecule has 0 aromatic carbocycles. The fourth-order valence-corrected chi connectivity index (χ4v) is 2.83. The summed E-state index contributed by atoms with van der Waals surface area (Å²) in [6.07, 6.45) is 3.14. The van der Waals surface area contributed by atoms with Crippen molar-refractivity contribution in [2.75, 3.05) is 12.9 Å². The summed E-state index contributed by atoms with van der Waals surface area (Å²) in [5.41, 5.74) is 1.15. The average molecular weight is 198 g/mol. The molecule has 1 aliphatic rings. The Labute approximate surface area is 80.9 Å². The van der Waals surface area contributed by atoms with Crippen molar-refractivity contribution in [3.8, 4) is 0 Å². The van der Waals surface area contributed by atoms with E-state index in [2.05, 4.69) is 5.32 Å². The van der Waals surface area contributed by atoms with Gasteiger partial charge in [-0.05, 0) is 26.3 Å². The number of likely N-dealkylation sites (N-methyl/N-ethyl adjacent to an activating group) is 1. The lowest BCUT2D eigenvalue weighted by Crippen LogP contribution is -2.33. The van der Waals surface area contributed by atoms with E-state index < -0.39 is 0 Å². The minimum Gasteiger partial charge on any atom is -0.337 e. The third-order valence-corrected chi connectivity index (χ3v) is 3.66. The van der Waals surface area contributed by atoms with Gasteiger partial charge in [-0.1, -0.05) is 0 Å². The molecule has 13 heavy (non-hydrogen) atoms. The van der Waals surface area contributed by atoms with E-state index in [0.29, 0.717) is 10.8 Å². The third-order valence-electron chi connectivity index (χ3n) is 2.62. The molecular weight excluding hydrogens is 184 g/mol. The van der Waals surface area contributed by atoms with Crippen LogP contribution in [0.1, 0.15) is 17.0 Å². The predicted molar refractivity (Wildman–Crippen MR) is 53.2 cm³/mol. The number of thiazole rings is 1. The molecule has 72 valence electrons. The molecule has 1 unspecified atom stereocenters. The Kier molecular flexibility index (Phi) is 2.13. The highest BCUT2D eigenvalue weighted by molar-refractivity contribution is 7.09. The first-order valence-corrected chi connectivity index (χ1v) is 5.24. The van der Waals surface area contributed by atoms with Crippen molar-refractivity contribution in [1.82, 2.24) is 9.99 Å². The predicted octanol–water partition coefficient (Wildman–Crippen LogP) is -0.180. The van der Waals surface area contributed by atoms with Crippen molar-refractivity contribution in [2.24, 2.45) is 0 Å². The molecule has 4 N–H and O–H groups in total. The van der Waals surface area contributed by atoms with Crippen LogP contribution in [0.2, 0.25) is 0 Å². The van der Waals surface area contributed by atoms with Crippen molar-refractivity contribution >= 4 is 11.3 Å². The van der Waals surface area contributed by atoms with E-state index in [9.17, 15) is 0 Å². The first kappa shape index (κ1) is 8.77. The van der Waals surface area contributed by atoms with E-state index in [1.54, 1.807) is 0 Å². The van der Waals surface area contributed by atoms with Crippen LogP contribution in [-0.4, -0.2) is 17.8 Å². The molecule has 1 aromatic rings. The number of rotatable bonds is 1. The lowest BCUT2D eigenvalue weighted by atomic mass is 9.98. The van der Waals surface area contributed by atoms with Gasteiger partial charge in [-0.2, -0.15) is 0 Å². The molecule has 4 nitrogen and oxygen atoms in total. The molecule has 1 atom stereocenters. The highest BCUT2D eigenvalue weighted by Gasteiger charge is 2.21. The maximum absolute atomic E-state index is 7.57. The zero-order valence-corrected chi connectivity index (χ0v) is 8.45. The Bertz CT molecular complexity index is 365. The van der Waals surface area contributed by atoms with Gasteiger partial charge in [0.1, 0.15) is 0 Å². The van der Waals surface area contributed by atoms with Crippen LogP contribution in [0.4, 0.5) is 0 Å². The first-order valence-electron chi connectivity index (χ1n) is 4.43. The zero-order chi connectivity index (χ0) is 9.42. The molecule has 1 aliphatic carbocycles. The van der Waals surface area contributed by atoms with Gasteiger partial charge in [-0.15, -0.1) is 11.3 Å². The van der Waals surface area contributed by atoms with Crippen LogP contribution >= 0.6 is 11.3 Å². The molecule has 1 aromatic heterocycles. The maximum Gasteiger partial charge on any atom is 0.200 e. The van der Waals surface area contributed by atoms with Crippen LogP contribution in [0, 0.1) is 5.41 Å². The molecule has 0 bridgehead atoms. The SMILES string of the molecule is CNC1CCc2c(sc(=N)n2N)C1. The fraction of sp³-hybridized carbons (Fsp3) is 0.625. The lowest BCUT2D eigenvalue weighted by Gasteiger charge is -2.21. The molecule has 0 saturated heterocycles. The van der Waals surface area contributed by atoms with E-state index in [4.69, 9.17) is 11.3 Å². The van der Waals surface area contributed by atoms with Crippen molar-refractivity contribution in [2.45, 2.75) is 25.3 Å². The molecule has 0 radical (unpaired) electrons. The molecule has 0 fully saturated rings. The van der Waals surface area contributed by atoms with Gasteiger partial charge in [0.15, 0.2) is 0 Å². The second-order valence-electron chi connectivity index (χ2n) is 3.38. The van der Waals surface area contributed by atoms with Crippen LogP contribution in [0.25, 0.3) is 0 Å². The summed E-state index contributed by atoms with van der Waals surface area (Å²) in [6, 6.07) is 0.561. The number of hydrogen-bond acceptors (Lipinski definition) is 4. The Morgan fingerprint density at radius 1 is 1.69 bits per heavy atom. The van der Waals surface area contributed by atoms with Crippen molar-refractivity contribution in [3.05, 3.63) is 15.4 Å². The van der Waals surface area contributed by atoms with E-state index in [1.165, 1.54) is 20.9 Å². The van der Waals surface area contributed by atoms with Crippen molar-refractivity contribution in [3.63, 3.8) is 0 Å². The Morgan fingerprint density at radius 3 is 3.15 bits per heavy atom. The van der Waals surface area contributed by atoms with Crippen LogP contribution in [0.15, 0.2) is 0 Å². The van der Waals surface area contributed by atoms with Gasteiger partial charge >= 0.3 is 0 Å². The Balaban J connectivity index is 2.36. The molecule has 1 heterocycles. The largest absolute Gasteiger partial charge is 0.337 e. The quantitative estimate of drug-likeness (QED) is 0.548. The molecule has 0 spiro atoms. The molecule has 0 aliphatic heterocycles. The fourth-order valence-electron chi connectivity index (χ4n) is 1.78. The summed E-state index contributed by atoms with van der Waals surface area (Å²) in [5.74, 6) is 5.73. The monoisotopic (exact) mass is 198 g/mol. The second kappa shape index (κ2) is 3.16. The summed E-state index contributed by atoms with van der Waals surface area (Å²) in [6.45, 7) is 0. The molecule has 2 rings (SSSR count). The second-order valence-corrected chi connectivity index (χ2v) is 4.46. The third kappa shape index (κ3) is 1.38. The van der Waals surface area contributed by atoms with Gasteiger partial charge < -0.3 is 11.2 Å². The summed E-state index contributed by atoms with van der Waals surface area (Å²) in [7, 11) is 1.99. The summed E-state index contributed by atoms with van der Waals surface area (Å²) in [5, 5.41) is 10.8. The minimum atomic E-state index is 0.460. The summed E-state index contributed by atoms with van der Waals surface area (Å²) in [4.78, 5) is 1.74. The molecule has 0 amide bonds. The van der Waals surface area contributed by atoms with Crippen LogP contribution in [0.3, 0.4) is 0 Å². The van der Waals surface area contributed by atoms with Crippen molar-refractivity contribution in [1.29, 1.82) is 5.41 Å². The summed E-state index contributed by atoms with van der Waals surface area (Å²) < 4.78 is 1.52. The van der Waals surface area contributed by atoms with E-state index in [0.717, 1.165) is 25.0 Å². The molecule has 5 heteroatoms. The zero-order valence-electron chi connectivity index (χ0n) is 7.63. The maximum atomic E-state index is 7.57. The van der Waals surface area contributed by atoms with Crippen LogP contribution < -0.4 is 16.0 Å². The van der Waals surface area contributed by atoms with Gasteiger partial charge in [0.05, 0.1) is 5.69 Å². The lowest BCUT2D eigenvalue weighted by molar-refractivity contribution is 0.490. The Hall–Kier alpha value is -0.810. The van der Waals surface area contributed by atoms with Gasteiger partial charge in [0.25, 0.3) is 0 Å². The number of aromatic nitrogens is 1. The van der Waals surface area contributed by atoms with E-state index in [1.807, 2.05) is 7.05 Å². The van der Waals surface area contributed by atoms with Crippen LogP contribution in [0.5, 0.6) is 0 Å². The normalized spacial score (nSPS) is 21.5. The van der Waals surface area contributed by atoms with E-state index in [-0.39, 0.29) is 0 Å². The highest BCUT2D eigenvalue weighted by atomic mass is 32.1. The van der Waals surface area contributed by atoms with Gasteiger partial charge in [-0.3, -0.25) is 5.41 Å². The minimum absolute atomic E-state index is 0.460. The number of nitrogen functional groups attached to an aromatic ring is 1. The number of fused-ring (bicyclic) bond motifs is 1. The molecular formula is C8H14N4S. The van der Waals surface area contributed by atoms with Crippen molar-refractivity contribution < 1.29 is 0 Å². The topological polar surface area (TPSA) is 66.8 Å². The average Bonchev–Trinajstić information content (AvgIpc) is 2.42. The first-order chi connectivity index (χ1) is 6.22. The van der Waals surface area contributed by atoms with Gasteiger partial charge in [0, 0.05) is 10.9 Å². The van der Waals surface area contributed by atoms with Crippen LogP contribution in [-0.2, 0) is 12.8 Å². The smallest absolute Gasteiger partial charge is 0.200 e. The number of nitrogens with two attached hydrogens (primary N) is 1. The Morgan fingerprint density at radius 2 is 2.46 bits per heavy atom.